The van der Waals surface area contributed by atoms with Gasteiger partial charge in [0.2, 0.25) is 0 Å². The van der Waals surface area contributed by atoms with Crippen molar-refractivity contribution in [2.24, 2.45) is 0 Å². The molecular weight excluding hydrogens is 380 g/mol. The molecule has 1 aliphatic rings. The zero-order chi connectivity index (χ0) is 18.6. The van der Waals surface area contributed by atoms with Gasteiger partial charge in [-0.3, -0.25) is 0 Å². The van der Waals surface area contributed by atoms with Crippen LogP contribution in [0.3, 0.4) is 0 Å². The number of thiazole rings is 1. The second kappa shape index (κ2) is 8.14. The largest absolute Gasteiger partial charge is 0.494 e. The Hall–Kier alpha value is -2.32. The van der Waals surface area contributed by atoms with E-state index in [0.717, 1.165) is 34.2 Å². The lowest BCUT2D eigenvalue weighted by Crippen LogP contribution is -2.51. The summed E-state index contributed by atoms with van der Waals surface area (Å²) in [4.78, 5) is 22.4. The molecule has 0 saturated carbocycles. The molecule has 3 aromatic rings. The van der Waals surface area contributed by atoms with E-state index in [2.05, 4.69) is 10.2 Å². The number of fused-ring (bicyclic) bond motifs is 1. The average Bonchev–Trinajstić information content (AvgIpc) is 3.36. The Morgan fingerprint density at radius 3 is 2.85 bits per heavy atom. The highest BCUT2D eigenvalue weighted by Crippen LogP contribution is 2.32. The van der Waals surface area contributed by atoms with E-state index in [0.29, 0.717) is 26.2 Å². The van der Waals surface area contributed by atoms with Crippen LogP contribution < -0.4 is 15.0 Å². The second-order valence-electron chi connectivity index (χ2n) is 6.27. The number of hydrogen-bond acceptors (Lipinski definition) is 6. The number of amides is 2. The number of carbonyl (C=O) groups is 1. The molecular formula is C19H22N4O2S2. The van der Waals surface area contributed by atoms with Crippen LogP contribution in [0.4, 0.5) is 9.93 Å². The number of aromatic nitrogens is 1. The first kappa shape index (κ1) is 18.1. The van der Waals surface area contributed by atoms with Gasteiger partial charge in [-0.2, -0.15) is 0 Å². The Labute approximate surface area is 166 Å². The van der Waals surface area contributed by atoms with Crippen LogP contribution in [0.5, 0.6) is 5.75 Å². The average molecular weight is 403 g/mol. The summed E-state index contributed by atoms with van der Waals surface area (Å²) < 4.78 is 6.71. The highest BCUT2D eigenvalue weighted by atomic mass is 32.1. The minimum Gasteiger partial charge on any atom is -0.494 e. The molecule has 0 atom stereocenters. The normalized spacial score (nSPS) is 14.6. The third-order valence-electron chi connectivity index (χ3n) is 4.49. The number of ether oxygens (including phenoxy) is 1. The molecule has 8 heteroatoms. The van der Waals surface area contributed by atoms with Gasteiger partial charge in [-0.1, -0.05) is 17.4 Å². The maximum atomic E-state index is 12.4. The number of hydrogen-bond donors (Lipinski definition) is 1. The zero-order valence-corrected chi connectivity index (χ0v) is 16.8. The van der Waals surface area contributed by atoms with Gasteiger partial charge >= 0.3 is 6.03 Å². The van der Waals surface area contributed by atoms with Crippen LogP contribution in [0.15, 0.2) is 35.7 Å². The molecule has 2 amide bonds. The van der Waals surface area contributed by atoms with Gasteiger partial charge in [-0.05, 0) is 36.6 Å². The minimum atomic E-state index is 0.00806. The van der Waals surface area contributed by atoms with Gasteiger partial charge in [0.25, 0.3) is 0 Å². The topological polar surface area (TPSA) is 57.7 Å². The van der Waals surface area contributed by atoms with Gasteiger partial charge < -0.3 is 19.9 Å². The summed E-state index contributed by atoms with van der Waals surface area (Å²) in [6, 6.07) is 10.1. The van der Waals surface area contributed by atoms with Crippen molar-refractivity contribution >= 4 is 44.1 Å². The van der Waals surface area contributed by atoms with Crippen molar-refractivity contribution in [3.8, 4) is 5.75 Å². The molecule has 3 heterocycles. The van der Waals surface area contributed by atoms with Crippen LogP contribution >= 0.6 is 22.7 Å². The smallest absolute Gasteiger partial charge is 0.317 e. The van der Waals surface area contributed by atoms with Crippen LogP contribution in [0, 0.1) is 0 Å². The number of anilines is 1. The van der Waals surface area contributed by atoms with Crippen LogP contribution in [0.25, 0.3) is 10.2 Å². The van der Waals surface area contributed by atoms with Crippen molar-refractivity contribution in [3.05, 3.63) is 40.6 Å². The molecule has 0 unspecified atom stereocenters. The van der Waals surface area contributed by atoms with Crippen LogP contribution in [-0.2, 0) is 6.54 Å². The number of benzene rings is 1. The molecule has 1 fully saturated rings. The van der Waals surface area contributed by atoms with E-state index < -0.39 is 0 Å². The van der Waals surface area contributed by atoms with E-state index in [1.807, 2.05) is 47.5 Å². The predicted molar refractivity (Wildman–Crippen MR) is 111 cm³/mol. The SMILES string of the molecule is CCOc1ccc2nc(N3CCN(C(=O)NCc4cccs4)CC3)sc2c1. The monoisotopic (exact) mass is 402 g/mol. The zero-order valence-electron chi connectivity index (χ0n) is 15.2. The number of rotatable bonds is 5. The fourth-order valence-corrected chi connectivity index (χ4v) is 4.76. The number of nitrogens with zero attached hydrogens (tertiary/aromatic N) is 3. The molecule has 142 valence electrons. The lowest BCUT2D eigenvalue weighted by molar-refractivity contribution is 0.194. The number of urea groups is 1. The van der Waals surface area contributed by atoms with E-state index in [9.17, 15) is 4.79 Å². The van der Waals surface area contributed by atoms with E-state index >= 15 is 0 Å². The van der Waals surface area contributed by atoms with Gasteiger partial charge in [0, 0.05) is 31.1 Å². The van der Waals surface area contributed by atoms with Crippen LogP contribution in [0.2, 0.25) is 0 Å². The molecule has 2 aromatic heterocycles. The first-order valence-corrected chi connectivity index (χ1v) is 10.8. The van der Waals surface area contributed by atoms with Crippen molar-refractivity contribution in [2.45, 2.75) is 13.5 Å². The standard InChI is InChI=1S/C19H22N4O2S2/c1-2-25-14-5-6-16-17(12-14)27-19(21-16)23-9-7-22(8-10-23)18(24)20-13-15-4-3-11-26-15/h3-6,11-12H,2,7-10,13H2,1H3,(H,20,24). The molecule has 6 nitrogen and oxygen atoms in total. The fraction of sp³-hybridized carbons (Fsp3) is 0.368. The van der Waals surface area contributed by atoms with Gasteiger partial charge in [-0.25, -0.2) is 9.78 Å². The van der Waals surface area contributed by atoms with Gasteiger partial charge in [0.1, 0.15) is 5.75 Å². The maximum absolute atomic E-state index is 12.4. The maximum Gasteiger partial charge on any atom is 0.317 e. The Kier molecular flexibility index (Phi) is 5.45. The Bertz CT molecular complexity index is 902. The fourth-order valence-electron chi connectivity index (χ4n) is 3.07. The third-order valence-corrected chi connectivity index (χ3v) is 6.45. The summed E-state index contributed by atoms with van der Waals surface area (Å²) >= 11 is 3.34. The summed E-state index contributed by atoms with van der Waals surface area (Å²) in [5, 5.41) is 6.04. The molecule has 1 aromatic carbocycles. The van der Waals surface area contributed by atoms with E-state index in [1.54, 1.807) is 22.7 Å². The lowest BCUT2D eigenvalue weighted by atomic mass is 10.3. The predicted octanol–water partition coefficient (Wildman–Crippen LogP) is 3.79. The number of piperazine rings is 1. The summed E-state index contributed by atoms with van der Waals surface area (Å²) in [6.45, 7) is 6.24. The highest BCUT2D eigenvalue weighted by molar-refractivity contribution is 7.22. The molecule has 1 saturated heterocycles. The number of thiophene rings is 1. The molecule has 1 N–H and O–H groups in total. The molecule has 0 bridgehead atoms. The Morgan fingerprint density at radius 2 is 2.11 bits per heavy atom. The van der Waals surface area contributed by atoms with Gasteiger partial charge in [0.15, 0.2) is 5.13 Å². The second-order valence-corrected chi connectivity index (χ2v) is 8.31. The van der Waals surface area contributed by atoms with E-state index in [4.69, 9.17) is 9.72 Å². The molecule has 4 rings (SSSR count). The highest BCUT2D eigenvalue weighted by Gasteiger charge is 2.23. The van der Waals surface area contributed by atoms with Gasteiger partial charge in [0.05, 0.1) is 23.4 Å². The molecule has 0 spiro atoms. The van der Waals surface area contributed by atoms with Crippen LogP contribution in [-0.4, -0.2) is 48.7 Å². The van der Waals surface area contributed by atoms with Crippen LogP contribution in [0.1, 0.15) is 11.8 Å². The first-order chi connectivity index (χ1) is 13.2. The van der Waals surface area contributed by atoms with E-state index in [-0.39, 0.29) is 6.03 Å². The third kappa shape index (κ3) is 4.17. The van der Waals surface area contributed by atoms with Crippen molar-refractivity contribution in [1.29, 1.82) is 0 Å². The molecule has 0 aliphatic carbocycles. The van der Waals surface area contributed by atoms with Crippen molar-refractivity contribution < 1.29 is 9.53 Å². The van der Waals surface area contributed by atoms with Crippen molar-refractivity contribution in [2.75, 3.05) is 37.7 Å². The first-order valence-electron chi connectivity index (χ1n) is 9.06. The Morgan fingerprint density at radius 1 is 1.26 bits per heavy atom. The minimum absolute atomic E-state index is 0.00806. The summed E-state index contributed by atoms with van der Waals surface area (Å²) in [6.07, 6.45) is 0. The van der Waals surface area contributed by atoms with E-state index in [1.165, 1.54) is 4.88 Å². The number of carbonyl (C=O) groups excluding carboxylic acids is 1. The summed E-state index contributed by atoms with van der Waals surface area (Å²) in [7, 11) is 0. The number of nitrogens with one attached hydrogen (secondary N) is 1. The van der Waals surface area contributed by atoms with Crippen molar-refractivity contribution in [3.63, 3.8) is 0 Å². The summed E-state index contributed by atoms with van der Waals surface area (Å²) in [5.74, 6) is 0.882. The van der Waals surface area contributed by atoms with Crippen molar-refractivity contribution in [1.82, 2.24) is 15.2 Å². The Balaban J connectivity index is 1.34. The summed E-state index contributed by atoms with van der Waals surface area (Å²) in [5.41, 5.74) is 0.995. The lowest BCUT2D eigenvalue weighted by Gasteiger charge is -2.34. The quantitative estimate of drug-likeness (QED) is 0.705. The molecule has 27 heavy (non-hydrogen) atoms. The molecule has 0 radical (unpaired) electrons. The molecule has 1 aliphatic heterocycles. The van der Waals surface area contributed by atoms with Gasteiger partial charge in [-0.15, -0.1) is 11.3 Å².